The predicted molar refractivity (Wildman–Crippen MR) is 93.6 cm³/mol. The molecule has 2 nitrogen and oxygen atoms in total. The summed E-state index contributed by atoms with van der Waals surface area (Å²) < 4.78 is 1.02. The zero-order chi connectivity index (χ0) is 14.9. The molecule has 0 spiro atoms. The van der Waals surface area contributed by atoms with E-state index in [4.69, 9.17) is 11.6 Å². The van der Waals surface area contributed by atoms with E-state index in [9.17, 15) is 5.11 Å². The maximum atomic E-state index is 10.4. The van der Waals surface area contributed by atoms with Crippen molar-refractivity contribution in [3.05, 3.63) is 48.4 Å². The highest BCUT2D eigenvalue weighted by molar-refractivity contribution is 14.1. The molecule has 1 heterocycles. The van der Waals surface area contributed by atoms with Gasteiger partial charge in [-0.2, -0.15) is 0 Å². The Morgan fingerprint density at radius 3 is 2.70 bits per heavy atom. The van der Waals surface area contributed by atoms with Crippen LogP contribution in [0.25, 0.3) is 0 Å². The van der Waals surface area contributed by atoms with Crippen LogP contribution in [0.2, 0.25) is 5.02 Å². The van der Waals surface area contributed by atoms with Crippen molar-refractivity contribution in [1.29, 1.82) is 0 Å². The van der Waals surface area contributed by atoms with E-state index >= 15 is 0 Å². The van der Waals surface area contributed by atoms with E-state index in [1.54, 1.807) is 11.3 Å². The average Bonchev–Trinajstić information content (AvgIpc) is 2.80. The second-order valence-corrected chi connectivity index (χ2v) is 8.30. The van der Waals surface area contributed by atoms with Crippen LogP contribution in [-0.2, 0) is 11.8 Å². The third-order valence-electron chi connectivity index (χ3n) is 3.01. The third-order valence-corrected chi connectivity index (χ3v) is 5.09. The Bertz CT molecular complexity index is 606. The molecular weight excluding hydrogens is 405 g/mol. The lowest BCUT2D eigenvalue weighted by Gasteiger charge is -2.15. The summed E-state index contributed by atoms with van der Waals surface area (Å²) in [5, 5.41) is 14.1. The van der Waals surface area contributed by atoms with Crippen LogP contribution in [0.4, 0.5) is 0 Å². The topological polar surface area (TPSA) is 33.1 Å². The highest BCUT2D eigenvalue weighted by Crippen LogP contribution is 2.29. The molecule has 1 N–H and O–H groups in total. The first-order chi connectivity index (χ1) is 9.27. The van der Waals surface area contributed by atoms with Crippen LogP contribution in [0, 0.1) is 3.57 Å². The Morgan fingerprint density at radius 2 is 2.10 bits per heavy atom. The summed E-state index contributed by atoms with van der Waals surface area (Å²) in [6.07, 6.45) is -0.0450. The normalized spacial score (nSPS) is 13.5. The van der Waals surface area contributed by atoms with E-state index in [1.807, 2.05) is 18.2 Å². The average molecular weight is 422 g/mol. The smallest absolute Gasteiger partial charge is 0.0957 e. The monoisotopic (exact) mass is 421 g/mol. The second-order valence-electron chi connectivity index (χ2n) is 5.76. The van der Waals surface area contributed by atoms with Gasteiger partial charge in [0.05, 0.1) is 16.8 Å². The van der Waals surface area contributed by atoms with Gasteiger partial charge in [0.2, 0.25) is 0 Å². The molecule has 0 aliphatic heterocycles. The lowest BCUT2D eigenvalue weighted by Crippen LogP contribution is -2.12. The van der Waals surface area contributed by atoms with Gasteiger partial charge in [-0.1, -0.05) is 32.4 Å². The van der Waals surface area contributed by atoms with E-state index in [-0.39, 0.29) is 5.41 Å². The first kappa shape index (κ1) is 16.2. The number of aromatic nitrogens is 1. The molecule has 0 fully saturated rings. The quantitative estimate of drug-likeness (QED) is 0.709. The number of thiazole rings is 1. The maximum Gasteiger partial charge on any atom is 0.0957 e. The van der Waals surface area contributed by atoms with Gasteiger partial charge in [0.15, 0.2) is 0 Å². The van der Waals surface area contributed by atoms with Gasteiger partial charge in [-0.25, -0.2) is 4.98 Å². The van der Waals surface area contributed by atoms with Crippen molar-refractivity contribution in [3.63, 3.8) is 0 Å². The van der Waals surface area contributed by atoms with E-state index < -0.39 is 6.10 Å². The van der Waals surface area contributed by atoms with Crippen molar-refractivity contribution in [3.8, 4) is 0 Å². The Balaban J connectivity index is 2.17. The molecule has 0 amide bonds. The lowest BCUT2D eigenvalue weighted by molar-refractivity contribution is 0.177. The number of halogens is 2. The summed E-state index contributed by atoms with van der Waals surface area (Å²) >= 11 is 9.82. The van der Waals surface area contributed by atoms with Gasteiger partial charge in [-0.05, 0) is 46.4 Å². The largest absolute Gasteiger partial charge is 0.388 e. The highest BCUT2D eigenvalue weighted by atomic mass is 127. The van der Waals surface area contributed by atoms with Crippen LogP contribution in [0.3, 0.4) is 0 Å². The molecule has 0 saturated carbocycles. The summed E-state index contributed by atoms with van der Waals surface area (Å²) in [7, 11) is 0. The summed E-state index contributed by atoms with van der Waals surface area (Å²) in [6, 6.07) is 5.58. The van der Waals surface area contributed by atoms with Crippen molar-refractivity contribution in [2.45, 2.75) is 38.7 Å². The molecule has 0 radical (unpaired) electrons. The second kappa shape index (κ2) is 6.30. The van der Waals surface area contributed by atoms with Crippen LogP contribution in [0.1, 0.15) is 43.1 Å². The van der Waals surface area contributed by atoms with Crippen LogP contribution < -0.4 is 0 Å². The van der Waals surface area contributed by atoms with Crippen molar-refractivity contribution >= 4 is 45.5 Å². The Labute approximate surface area is 142 Å². The van der Waals surface area contributed by atoms with Crippen LogP contribution in [0.5, 0.6) is 0 Å². The molecule has 1 aromatic carbocycles. The third kappa shape index (κ3) is 3.93. The first-order valence-corrected chi connectivity index (χ1v) is 8.69. The number of hydrogen-bond donors (Lipinski definition) is 1. The van der Waals surface area contributed by atoms with Crippen LogP contribution >= 0.6 is 45.5 Å². The molecule has 5 heteroatoms. The summed E-state index contributed by atoms with van der Waals surface area (Å²) in [5.41, 5.74) is 1.99. The minimum absolute atomic E-state index is 0.0458. The summed E-state index contributed by atoms with van der Waals surface area (Å²) in [5.74, 6) is 0. The lowest BCUT2D eigenvalue weighted by atomic mass is 9.93. The SMILES string of the molecule is CC(C)(C)c1csc(CC(O)c2cc(Cl)ccc2I)n1. The fourth-order valence-electron chi connectivity index (χ4n) is 1.79. The minimum Gasteiger partial charge on any atom is -0.388 e. The molecule has 1 atom stereocenters. The zero-order valence-electron chi connectivity index (χ0n) is 11.7. The van der Waals surface area contributed by atoms with E-state index in [0.29, 0.717) is 11.4 Å². The molecule has 0 aliphatic carbocycles. The number of benzene rings is 1. The molecule has 108 valence electrons. The van der Waals surface area contributed by atoms with Crippen molar-refractivity contribution in [2.24, 2.45) is 0 Å². The van der Waals surface area contributed by atoms with E-state index in [0.717, 1.165) is 19.8 Å². The molecule has 2 aromatic rings. The Morgan fingerprint density at radius 1 is 1.40 bits per heavy atom. The van der Waals surface area contributed by atoms with Crippen LogP contribution in [0.15, 0.2) is 23.6 Å². The van der Waals surface area contributed by atoms with Crippen molar-refractivity contribution in [2.75, 3.05) is 0 Å². The number of hydrogen-bond acceptors (Lipinski definition) is 3. The first-order valence-electron chi connectivity index (χ1n) is 6.35. The molecule has 0 aliphatic rings. The maximum absolute atomic E-state index is 10.4. The highest BCUT2D eigenvalue weighted by Gasteiger charge is 2.19. The fourth-order valence-corrected chi connectivity index (χ4v) is 3.73. The van der Waals surface area contributed by atoms with Gasteiger partial charge in [-0.15, -0.1) is 11.3 Å². The predicted octanol–water partition coefficient (Wildman–Crippen LogP) is 4.97. The molecule has 0 bridgehead atoms. The number of aliphatic hydroxyl groups excluding tert-OH is 1. The molecular formula is C15H17ClINOS. The Hall–Kier alpha value is -0.170. The zero-order valence-corrected chi connectivity index (χ0v) is 15.4. The number of rotatable bonds is 3. The van der Waals surface area contributed by atoms with Gasteiger partial charge in [0.25, 0.3) is 0 Å². The van der Waals surface area contributed by atoms with Gasteiger partial charge >= 0.3 is 0 Å². The van der Waals surface area contributed by atoms with Gasteiger partial charge in [0, 0.05) is 25.8 Å². The summed E-state index contributed by atoms with van der Waals surface area (Å²) in [4.78, 5) is 4.62. The molecule has 20 heavy (non-hydrogen) atoms. The Kier molecular flexibility index (Phi) is 5.10. The van der Waals surface area contributed by atoms with E-state index in [1.165, 1.54) is 0 Å². The van der Waals surface area contributed by atoms with Gasteiger partial charge in [-0.3, -0.25) is 0 Å². The fraction of sp³-hybridized carbons (Fsp3) is 0.400. The van der Waals surface area contributed by atoms with E-state index in [2.05, 4.69) is 53.7 Å². The number of aliphatic hydroxyl groups is 1. The van der Waals surface area contributed by atoms with Gasteiger partial charge in [0.1, 0.15) is 0 Å². The van der Waals surface area contributed by atoms with Crippen LogP contribution in [-0.4, -0.2) is 10.1 Å². The summed E-state index contributed by atoms with van der Waals surface area (Å²) in [6.45, 7) is 6.42. The van der Waals surface area contributed by atoms with Crippen molar-refractivity contribution < 1.29 is 5.11 Å². The molecule has 1 unspecified atom stereocenters. The molecule has 2 rings (SSSR count). The minimum atomic E-state index is -0.570. The van der Waals surface area contributed by atoms with Crippen molar-refractivity contribution in [1.82, 2.24) is 4.98 Å². The van der Waals surface area contributed by atoms with Gasteiger partial charge < -0.3 is 5.11 Å². The molecule has 0 saturated heterocycles. The number of nitrogens with zero attached hydrogens (tertiary/aromatic N) is 1. The standard InChI is InChI=1S/C15H17ClINOS/c1-15(2,3)13-8-20-14(18-13)7-12(19)10-6-9(16)4-5-11(10)17/h4-6,8,12,19H,7H2,1-3H3. The molecule has 1 aromatic heterocycles.